The normalized spacial score (nSPS) is 33.2. The molecule has 3 unspecified atom stereocenters. The average Bonchev–Trinajstić information content (AvgIpc) is 2.38. The molecule has 0 aromatic carbocycles. The van der Waals surface area contributed by atoms with Crippen LogP contribution in [0.2, 0.25) is 0 Å². The predicted molar refractivity (Wildman–Crippen MR) is 70.4 cm³/mol. The van der Waals surface area contributed by atoms with Crippen LogP contribution in [0.1, 0.15) is 25.7 Å². The fourth-order valence-corrected chi connectivity index (χ4v) is 3.80. The quantitative estimate of drug-likeness (QED) is 0.766. The van der Waals surface area contributed by atoms with E-state index in [2.05, 4.69) is 0 Å². The second-order valence-electron chi connectivity index (χ2n) is 5.08. The second-order valence-corrected chi connectivity index (χ2v) is 6.23. The van der Waals surface area contributed by atoms with Crippen LogP contribution >= 0.6 is 11.8 Å². The highest BCUT2D eigenvalue weighted by Crippen LogP contribution is 2.27. The van der Waals surface area contributed by atoms with Crippen molar-refractivity contribution < 1.29 is 14.7 Å². The van der Waals surface area contributed by atoms with E-state index in [1.165, 1.54) is 0 Å². The molecule has 1 aliphatic heterocycles. The summed E-state index contributed by atoms with van der Waals surface area (Å²) in [5, 5.41) is 9.18. The van der Waals surface area contributed by atoms with E-state index < -0.39 is 12.0 Å². The van der Waals surface area contributed by atoms with Crippen LogP contribution in [0.15, 0.2) is 0 Å². The molecule has 1 heterocycles. The van der Waals surface area contributed by atoms with Gasteiger partial charge in [-0.1, -0.05) is 6.42 Å². The van der Waals surface area contributed by atoms with Crippen LogP contribution < -0.4 is 5.73 Å². The number of carbonyl (C=O) groups excluding carboxylic acids is 1. The Morgan fingerprint density at radius 3 is 2.78 bits per heavy atom. The number of nitrogens with zero attached hydrogens (tertiary/aromatic N) is 1. The third-order valence-electron chi connectivity index (χ3n) is 3.76. The van der Waals surface area contributed by atoms with Gasteiger partial charge >= 0.3 is 5.97 Å². The summed E-state index contributed by atoms with van der Waals surface area (Å²) in [5.41, 5.74) is 5.90. The molecule has 0 aromatic heterocycles. The molecule has 18 heavy (non-hydrogen) atoms. The number of carboxylic acid groups (broad SMARTS) is 1. The van der Waals surface area contributed by atoms with E-state index in [1.807, 2.05) is 0 Å². The zero-order valence-corrected chi connectivity index (χ0v) is 11.2. The lowest BCUT2D eigenvalue weighted by Gasteiger charge is -2.37. The lowest BCUT2D eigenvalue weighted by atomic mass is 9.85. The molecule has 6 heteroatoms. The standard InChI is InChI=1S/C12H20N2O3S/c13-9-3-1-2-8(6-9)11(15)14-4-5-18-7-10(14)12(16)17/h8-10H,1-7,13H2,(H,16,17). The van der Waals surface area contributed by atoms with Crippen molar-refractivity contribution in [3.05, 3.63) is 0 Å². The van der Waals surface area contributed by atoms with Gasteiger partial charge in [0.15, 0.2) is 0 Å². The van der Waals surface area contributed by atoms with E-state index in [4.69, 9.17) is 5.73 Å². The Morgan fingerprint density at radius 2 is 2.11 bits per heavy atom. The number of nitrogens with two attached hydrogens (primary N) is 1. The van der Waals surface area contributed by atoms with Crippen LogP contribution in [0.5, 0.6) is 0 Å². The van der Waals surface area contributed by atoms with Gasteiger partial charge < -0.3 is 15.7 Å². The number of hydrogen-bond donors (Lipinski definition) is 2. The predicted octanol–water partition coefficient (Wildman–Crippen LogP) is 0.532. The van der Waals surface area contributed by atoms with Crippen LogP contribution in [0.25, 0.3) is 0 Å². The Kier molecular flexibility index (Phi) is 4.50. The lowest BCUT2D eigenvalue weighted by molar-refractivity contribution is -0.151. The number of thioether (sulfide) groups is 1. The number of hydrogen-bond acceptors (Lipinski definition) is 4. The summed E-state index contributed by atoms with van der Waals surface area (Å²) in [4.78, 5) is 25.2. The van der Waals surface area contributed by atoms with Crippen molar-refractivity contribution in [3.8, 4) is 0 Å². The van der Waals surface area contributed by atoms with E-state index in [0.29, 0.717) is 18.7 Å². The molecule has 0 radical (unpaired) electrons. The number of aliphatic carboxylic acids is 1. The maximum absolute atomic E-state index is 12.4. The summed E-state index contributed by atoms with van der Waals surface area (Å²) in [6, 6.07) is -0.565. The van der Waals surface area contributed by atoms with Gasteiger partial charge in [0.2, 0.25) is 5.91 Å². The minimum absolute atomic E-state index is 0.00199. The van der Waals surface area contributed by atoms with Crippen LogP contribution in [-0.4, -0.2) is 52.0 Å². The van der Waals surface area contributed by atoms with Gasteiger partial charge in [0.05, 0.1) is 0 Å². The minimum Gasteiger partial charge on any atom is -0.480 e. The summed E-state index contributed by atoms with van der Waals surface area (Å²) in [6.45, 7) is 0.548. The third-order valence-corrected chi connectivity index (χ3v) is 4.78. The van der Waals surface area contributed by atoms with Crippen molar-refractivity contribution in [2.24, 2.45) is 11.7 Å². The van der Waals surface area contributed by atoms with Gasteiger partial charge in [0.25, 0.3) is 0 Å². The van der Waals surface area contributed by atoms with Crippen molar-refractivity contribution in [2.45, 2.75) is 37.8 Å². The number of rotatable bonds is 2. The fourth-order valence-electron chi connectivity index (χ4n) is 2.76. The van der Waals surface area contributed by atoms with Crippen molar-refractivity contribution in [3.63, 3.8) is 0 Å². The maximum atomic E-state index is 12.4. The van der Waals surface area contributed by atoms with E-state index in [9.17, 15) is 14.7 Å². The minimum atomic E-state index is -0.893. The van der Waals surface area contributed by atoms with Gasteiger partial charge in [-0.3, -0.25) is 4.79 Å². The smallest absolute Gasteiger partial charge is 0.327 e. The Bertz CT molecular complexity index is 337. The molecule has 1 amide bonds. The first kappa shape index (κ1) is 13.7. The highest BCUT2D eigenvalue weighted by Gasteiger charge is 2.36. The van der Waals surface area contributed by atoms with Crippen molar-refractivity contribution in [1.29, 1.82) is 0 Å². The van der Waals surface area contributed by atoms with Gasteiger partial charge in [-0.25, -0.2) is 4.79 Å². The van der Waals surface area contributed by atoms with E-state index in [1.54, 1.807) is 16.7 Å². The van der Waals surface area contributed by atoms with Gasteiger partial charge in [-0.05, 0) is 19.3 Å². The molecule has 2 rings (SSSR count). The SMILES string of the molecule is NC1CCCC(C(=O)N2CCSCC2C(=O)O)C1. The molecule has 1 saturated heterocycles. The van der Waals surface area contributed by atoms with Gasteiger partial charge in [-0.15, -0.1) is 0 Å². The van der Waals surface area contributed by atoms with Gasteiger partial charge in [0, 0.05) is 30.0 Å². The molecule has 0 aromatic rings. The van der Waals surface area contributed by atoms with Crippen LogP contribution in [0, 0.1) is 5.92 Å². The summed E-state index contributed by atoms with van der Waals surface area (Å²) < 4.78 is 0. The second kappa shape index (κ2) is 5.93. The molecule has 0 bridgehead atoms. The van der Waals surface area contributed by atoms with Gasteiger partial charge in [0.1, 0.15) is 6.04 Å². The highest BCUT2D eigenvalue weighted by molar-refractivity contribution is 7.99. The van der Waals surface area contributed by atoms with Crippen LogP contribution in [0.4, 0.5) is 0 Å². The lowest BCUT2D eigenvalue weighted by Crippen LogP contribution is -2.53. The molecular formula is C12H20N2O3S. The maximum Gasteiger partial charge on any atom is 0.327 e. The van der Waals surface area contributed by atoms with Crippen LogP contribution in [0.3, 0.4) is 0 Å². The Morgan fingerprint density at radius 1 is 1.33 bits per heavy atom. The molecule has 3 atom stereocenters. The van der Waals surface area contributed by atoms with Crippen LogP contribution in [-0.2, 0) is 9.59 Å². The summed E-state index contributed by atoms with van der Waals surface area (Å²) in [5.74, 6) is 0.362. The zero-order valence-electron chi connectivity index (χ0n) is 10.4. The summed E-state index contributed by atoms with van der Waals surface area (Å²) in [7, 11) is 0. The highest BCUT2D eigenvalue weighted by atomic mass is 32.2. The summed E-state index contributed by atoms with van der Waals surface area (Å²) >= 11 is 1.60. The van der Waals surface area contributed by atoms with Crippen molar-refractivity contribution in [2.75, 3.05) is 18.1 Å². The first-order valence-corrected chi connectivity index (χ1v) is 7.61. The van der Waals surface area contributed by atoms with Gasteiger partial charge in [-0.2, -0.15) is 11.8 Å². The van der Waals surface area contributed by atoms with Crippen molar-refractivity contribution >= 4 is 23.6 Å². The van der Waals surface area contributed by atoms with E-state index in [0.717, 1.165) is 25.0 Å². The molecule has 1 aliphatic carbocycles. The fraction of sp³-hybridized carbons (Fsp3) is 0.833. The first-order chi connectivity index (χ1) is 8.59. The van der Waals surface area contributed by atoms with E-state index >= 15 is 0 Å². The topological polar surface area (TPSA) is 83.6 Å². The summed E-state index contributed by atoms with van der Waals surface area (Å²) in [6.07, 6.45) is 3.50. The van der Waals surface area contributed by atoms with Crippen molar-refractivity contribution in [1.82, 2.24) is 4.90 Å². The molecule has 5 nitrogen and oxygen atoms in total. The first-order valence-electron chi connectivity index (χ1n) is 6.46. The monoisotopic (exact) mass is 272 g/mol. The number of amides is 1. The molecular weight excluding hydrogens is 252 g/mol. The Balaban J connectivity index is 2.03. The molecule has 1 saturated carbocycles. The molecule has 0 spiro atoms. The van der Waals surface area contributed by atoms with E-state index in [-0.39, 0.29) is 17.9 Å². The largest absolute Gasteiger partial charge is 0.480 e. The number of carboxylic acids is 1. The Labute approximate surface area is 111 Å². The zero-order chi connectivity index (χ0) is 13.1. The molecule has 102 valence electrons. The molecule has 2 fully saturated rings. The molecule has 2 aliphatic rings. The Hall–Kier alpha value is -0.750. The molecule has 3 N–H and O–H groups in total. The third kappa shape index (κ3) is 2.98. The number of carbonyl (C=O) groups is 2. The average molecular weight is 272 g/mol.